The van der Waals surface area contributed by atoms with Gasteiger partial charge in [-0.05, 0) is 35.9 Å². The molecule has 0 unspecified atom stereocenters. The number of methoxy groups -OCH3 is 1. The molecule has 0 bridgehead atoms. The summed E-state index contributed by atoms with van der Waals surface area (Å²) >= 11 is 0. The minimum absolute atomic E-state index is 0.224. The summed E-state index contributed by atoms with van der Waals surface area (Å²) in [6, 6.07) is 16.1. The van der Waals surface area contributed by atoms with Crippen molar-refractivity contribution < 1.29 is 19.1 Å². The number of hydrogen-bond acceptors (Lipinski definition) is 4. The molecule has 1 N–H and O–H groups in total. The van der Waals surface area contributed by atoms with Crippen LogP contribution in [0.5, 0.6) is 5.75 Å². The highest BCUT2D eigenvalue weighted by Crippen LogP contribution is 2.15. The number of nitrogens with one attached hydrogen (secondary N) is 1. The van der Waals surface area contributed by atoms with Crippen molar-refractivity contribution in [2.75, 3.05) is 33.4 Å². The molecule has 2 amide bonds. The number of amides is 2. The number of carbonyl (C=O) groups is 2. The van der Waals surface area contributed by atoms with E-state index < -0.39 is 0 Å². The molecular weight excluding hydrogens is 344 g/mol. The van der Waals surface area contributed by atoms with Gasteiger partial charge in [0, 0.05) is 18.7 Å². The van der Waals surface area contributed by atoms with Gasteiger partial charge < -0.3 is 19.7 Å². The van der Waals surface area contributed by atoms with E-state index in [0.29, 0.717) is 31.9 Å². The molecule has 2 aromatic rings. The third-order valence-corrected chi connectivity index (χ3v) is 4.24. The second kappa shape index (κ2) is 9.00. The van der Waals surface area contributed by atoms with Gasteiger partial charge in [0.2, 0.25) is 0 Å². The summed E-state index contributed by atoms with van der Waals surface area (Å²) in [6.45, 7) is 1.99. The molecule has 6 heteroatoms. The summed E-state index contributed by atoms with van der Waals surface area (Å²) in [4.78, 5) is 27.2. The molecule has 1 aliphatic rings. The number of nitrogens with zero attached hydrogens (tertiary/aromatic N) is 1. The molecule has 2 aromatic carbocycles. The molecule has 0 spiro atoms. The van der Waals surface area contributed by atoms with Gasteiger partial charge in [-0.2, -0.15) is 0 Å². The van der Waals surface area contributed by atoms with Crippen LogP contribution in [0.1, 0.15) is 15.9 Å². The molecule has 3 rings (SSSR count). The first-order valence-electron chi connectivity index (χ1n) is 8.76. The SMILES string of the molecule is COc1ccc(/C=C(\NC(=O)c2ccccc2)C(=O)N2CCOCC2)cc1. The van der Waals surface area contributed by atoms with E-state index in [1.54, 1.807) is 42.4 Å². The Bertz CT molecular complexity index is 810. The van der Waals surface area contributed by atoms with Gasteiger partial charge in [-0.3, -0.25) is 9.59 Å². The molecular formula is C21H22N2O4. The summed E-state index contributed by atoms with van der Waals surface area (Å²) in [5, 5.41) is 2.77. The van der Waals surface area contributed by atoms with Crippen molar-refractivity contribution >= 4 is 17.9 Å². The highest BCUT2D eigenvalue weighted by molar-refractivity contribution is 6.05. The standard InChI is InChI=1S/C21H22N2O4/c1-26-18-9-7-16(8-10-18)15-19(21(25)23-11-13-27-14-12-23)22-20(24)17-5-3-2-4-6-17/h2-10,15H,11-14H2,1H3,(H,22,24)/b19-15-. The van der Waals surface area contributed by atoms with Crippen LogP contribution in [0.3, 0.4) is 0 Å². The Labute approximate surface area is 158 Å². The lowest BCUT2D eigenvalue weighted by molar-refractivity contribution is -0.131. The molecule has 1 aliphatic heterocycles. The molecule has 140 valence electrons. The Kier molecular flexibility index (Phi) is 6.22. The Hall–Kier alpha value is -3.12. The van der Waals surface area contributed by atoms with Crippen molar-refractivity contribution in [3.63, 3.8) is 0 Å². The van der Waals surface area contributed by atoms with Crippen molar-refractivity contribution in [2.24, 2.45) is 0 Å². The van der Waals surface area contributed by atoms with E-state index in [-0.39, 0.29) is 17.5 Å². The Morgan fingerprint density at radius 2 is 1.70 bits per heavy atom. The van der Waals surface area contributed by atoms with Crippen LogP contribution in [0.4, 0.5) is 0 Å². The van der Waals surface area contributed by atoms with Crippen molar-refractivity contribution in [1.82, 2.24) is 10.2 Å². The van der Waals surface area contributed by atoms with Crippen LogP contribution >= 0.6 is 0 Å². The van der Waals surface area contributed by atoms with Crippen molar-refractivity contribution in [3.8, 4) is 5.75 Å². The van der Waals surface area contributed by atoms with E-state index in [1.165, 1.54) is 0 Å². The molecule has 1 saturated heterocycles. The zero-order valence-electron chi connectivity index (χ0n) is 15.2. The Morgan fingerprint density at radius 1 is 1.04 bits per heavy atom. The average molecular weight is 366 g/mol. The van der Waals surface area contributed by atoms with Gasteiger partial charge in [0.05, 0.1) is 20.3 Å². The molecule has 0 aromatic heterocycles. The van der Waals surface area contributed by atoms with Crippen molar-refractivity contribution in [1.29, 1.82) is 0 Å². The van der Waals surface area contributed by atoms with E-state index in [0.717, 1.165) is 11.3 Å². The maximum Gasteiger partial charge on any atom is 0.270 e. The minimum atomic E-state index is -0.322. The number of benzene rings is 2. The van der Waals surface area contributed by atoms with Gasteiger partial charge in [-0.15, -0.1) is 0 Å². The maximum absolute atomic E-state index is 13.0. The van der Waals surface area contributed by atoms with Crippen LogP contribution in [0, 0.1) is 0 Å². The third-order valence-electron chi connectivity index (χ3n) is 4.24. The summed E-state index contributed by atoms with van der Waals surface area (Å²) in [5.41, 5.74) is 1.52. The third kappa shape index (κ3) is 4.95. The number of rotatable bonds is 5. The first kappa shape index (κ1) is 18.7. The lowest BCUT2D eigenvalue weighted by Crippen LogP contribution is -2.44. The normalized spacial score (nSPS) is 14.6. The fourth-order valence-corrected chi connectivity index (χ4v) is 2.74. The first-order valence-corrected chi connectivity index (χ1v) is 8.76. The monoisotopic (exact) mass is 366 g/mol. The predicted molar refractivity (Wildman–Crippen MR) is 102 cm³/mol. The second-order valence-corrected chi connectivity index (χ2v) is 6.06. The van der Waals surface area contributed by atoms with Gasteiger partial charge in [-0.1, -0.05) is 30.3 Å². The van der Waals surface area contributed by atoms with Gasteiger partial charge in [-0.25, -0.2) is 0 Å². The van der Waals surface area contributed by atoms with Gasteiger partial charge >= 0.3 is 0 Å². The zero-order valence-corrected chi connectivity index (χ0v) is 15.2. The lowest BCUT2D eigenvalue weighted by atomic mass is 10.1. The molecule has 0 radical (unpaired) electrons. The van der Waals surface area contributed by atoms with Crippen molar-refractivity contribution in [3.05, 3.63) is 71.4 Å². The zero-order chi connectivity index (χ0) is 19.1. The van der Waals surface area contributed by atoms with Gasteiger partial charge in [0.1, 0.15) is 11.4 Å². The molecule has 27 heavy (non-hydrogen) atoms. The summed E-state index contributed by atoms with van der Waals surface area (Å²) in [7, 11) is 1.60. The second-order valence-electron chi connectivity index (χ2n) is 6.06. The van der Waals surface area contributed by atoms with E-state index in [1.807, 2.05) is 30.3 Å². The molecule has 1 heterocycles. The quantitative estimate of drug-likeness (QED) is 0.825. The number of carbonyl (C=O) groups excluding carboxylic acids is 2. The molecule has 6 nitrogen and oxygen atoms in total. The van der Waals surface area contributed by atoms with Crippen LogP contribution in [0.25, 0.3) is 6.08 Å². The van der Waals surface area contributed by atoms with Crippen molar-refractivity contribution in [2.45, 2.75) is 0 Å². The summed E-state index contributed by atoms with van der Waals surface area (Å²) < 4.78 is 10.5. The average Bonchev–Trinajstić information content (AvgIpc) is 2.74. The molecule has 0 aliphatic carbocycles. The largest absolute Gasteiger partial charge is 0.497 e. The van der Waals surface area contributed by atoms with Gasteiger partial charge in [0.25, 0.3) is 11.8 Å². The first-order chi connectivity index (χ1) is 13.2. The minimum Gasteiger partial charge on any atom is -0.497 e. The van der Waals surface area contributed by atoms with E-state index in [4.69, 9.17) is 9.47 Å². The topological polar surface area (TPSA) is 67.9 Å². The molecule has 0 atom stereocenters. The van der Waals surface area contributed by atoms with Gasteiger partial charge in [0.15, 0.2) is 0 Å². The lowest BCUT2D eigenvalue weighted by Gasteiger charge is -2.27. The van der Waals surface area contributed by atoms with Crippen LogP contribution in [-0.4, -0.2) is 50.1 Å². The molecule has 0 saturated carbocycles. The van der Waals surface area contributed by atoms with E-state index >= 15 is 0 Å². The number of ether oxygens (including phenoxy) is 2. The Morgan fingerprint density at radius 3 is 2.33 bits per heavy atom. The molecule has 1 fully saturated rings. The predicted octanol–water partition coefficient (Wildman–Crippen LogP) is 2.32. The highest BCUT2D eigenvalue weighted by atomic mass is 16.5. The fraction of sp³-hybridized carbons (Fsp3) is 0.238. The fourth-order valence-electron chi connectivity index (χ4n) is 2.74. The van der Waals surface area contributed by atoms with E-state index in [9.17, 15) is 9.59 Å². The summed E-state index contributed by atoms with van der Waals surface area (Å²) in [6.07, 6.45) is 1.68. The maximum atomic E-state index is 13.0. The van der Waals surface area contributed by atoms with E-state index in [2.05, 4.69) is 5.32 Å². The van der Waals surface area contributed by atoms with Crippen LogP contribution < -0.4 is 10.1 Å². The smallest absolute Gasteiger partial charge is 0.270 e. The number of hydrogen-bond donors (Lipinski definition) is 1. The van der Waals surface area contributed by atoms with Crippen LogP contribution in [-0.2, 0) is 9.53 Å². The number of morpholine rings is 1. The highest BCUT2D eigenvalue weighted by Gasteiger charge is 2.22. The van der Waals surface area contributed by atoms with Crippen LogP contribution in [0.2, 0.25) is 0 Å². The Balaban J connectivity index is 1.86. The van der Waals surface area contributed by atoms with Crippen LogP contribution in [0.15, 0.2) is 60.3 Å². The summed E-state index contributed by atoms with van der Waals surface area (Å²) in [5.74, 6) is 0.178.